The zero-order valence-electron chi connectivity index (χ0n) is 21.3. The van der Waals surface area contributed by atoms with Gasteiger partial charge in [0.2, 0.25) is 0 Å². The fraction of sp³-hybridized carbons (Fsp3) is 0.741. The van der Waals surface area contributed by atoms with Crippen LogP contribution in [-0.2, 0) is 42.8 Å². The third-order valence-corrected chi connectivity index (χ3v) is 10.0. The van der Waals surface area contributed by atoms with Crippen molar-refractivity contribution in [3.8, 4) is 0 Å². The van der Waals surface area contributed by atoms with Crippen LogP contribution in [0.2, 0.25) is 0 Å². The fourth-order valence-corrected chi connectivity index (χ4v) is 7.36. The SMILES string of the molecule is C[C@@H]1CCOC(=O)/C=C/C=C\C(=O)O[C@@H]2C[C@H]3O[C@@H]4[C@@H]5OC5(C)CC[C@]4(COC(=O)[C@H]1O)[C@]2(C)[C@@]31CO1. The predicted octanol–water partition coefficient (Wildman–Crippen LogP) is 1.38. The van der Waals surface area contributed by atoms with Crippen molar-refractivity contribution >= 4 is 17.9 Å². The molecule has 1 N–H and O–H groups in total. The van der Waals surface area contributed by atoms with Gasteiger partial charge in [-0.2, -0.15) is 0 Å². The van der Waals surface area contributed by atoms with Gasteiger partial charge < -0.3 is 33.5 Å². The average Bonchev–Trinajstić information content (AvgIpc) is 3.77. The third kappa shape index (κ3) is 3.56. The molecule has 3 saturated heterocycles. The Kier molecular flexibility index (Phi) is 5.66. The minimum atomic E-state index is -1.38. The Morgan fingerprint density at radius 2 is 1.68 bits per heavy atom. The molecule has 0 aromatic heterocycles. The summed E-state index contributed by atoms with van der Waals surface area (Å²) in [7, 11) is 0. The summed E-state index contributed by atoms with van der Waals surface area (Å²) < 4.78 is 35.9. The summed E-state index contributed by atoms with van der Waals surface area (Å²) in [5, 5.41) is 10.7. The van der Waals surface area contributed by atoms with Crippen LogP contribution in [0.4, 0.5) is 0 Å². The van der Waals surface area contributed by atoms with Crippen molar-refractivity contribution in [2.24, 2.45) is 16.7 Å². The molecule has 4 aliphatic heterocycles. The maximum absolute atomic E-state index is 13.0. The molecule has 202 valence electrons. The summed E-state index contributed by atoms with van der Waals surface area (Å²) in [4.78, 5) is 37.7. The number of rotatable bonds is 0. The van der Waals surface area contributed by atoms with Crippen LogP contribution in [0.5, 0.6) is 0 Å². The van der Waals surface area contributed by atoms with Crippen LogP contribution in [0.1, 0.15) is 46.5 Å². The Morgan fingerprint density at radius 1 is 0.946 bits per heavy atom. The summed E-state index contributed by atoms with van der Waals surface area (Å²) >= 11 is 0. The number of aliphatic hydroxyl groups excluding tert-OH is 1. The Bertz CT molecular complexity index is 1060. The minimum absolute atomic E-state index is 0.0217. The van der Waals surface area contributed by atoms with Crippen LogP contribution in [0.3, 0.4) is 0 Å². The molecule has 6 rings (SSSR count). The first-order valence-electron chi connectivity index (χ1n) is 13.1. The van der Waals surface area contributed by atoms with Gasteiger partial charge in [-0.25, -0.2) is 14.4 Å². The van der Waals surface area contributed by atoms with E-state index in [-0.39, 0.29) is 43.5 Å². The van der Waals surface area contributed by atoms with Gasteiger partial charge in [0, 0.05) is 24.0 Å². The highest BCUT2D eigenvalue weighted by atomic mass is 16.7. The highest BCUT2D eigenvalue weighted by Gasteiger charge is 2.86. The van der Waals surface area contributed by atoms with E-state index in [1.807, 2.05) is 0 Å². The van der Waals surface area contributed by atoms with E-state index >= 15 is 0 Å². The van der Waals surface area contributed by atoms with Gasteiger partial charge in [0.05, 0.1) is 36.4 Å². The number of carbonyl (C=O) groups excluding carboxylic acids is 3. The zero-order chi connectivity index (χ0) is 26.2. The van der Waals surface area contributed by atoms with Crippen LogP contribution in [0.25, 0.3) is 0 Å². The molecule has 0 aromatic carbocycles. The zero-order valence-corrected chi connectivity index (χ0v) is 21.3. The molecule has 0 amide bonds. The molecule has 2 saturated carbocycles. The molecular formula is C27H34O10. The molecule has 0 aromatic rings. The number of hydrogen-bond donors (Lipinski definition) is 1. The first-order chi connectivity index (χ1) is 17.6. The number of cyclic esters (lactones) is 2. The molecular weight excluding hydrogens is 484 g/mol. The van der Waals surface area contributed by atoms with E-state index in [0.717, 1.165) is 6.42 Å². The summed E-state index contributed by atoms with van der Waals surface area (Å²) in [5.41, 5.74) is -2.40. The lowest BCUT2D eigenvalue weighted by molar-refractivity contribution is -0.252. The lowest BCUT2D eigenvalue weighted by Crippen LogP contribution is -2.69. The molecule has 2 aliphatic carbocycles. The molecule has 6 aliphatic rings. The van der Waals surface area contributed by atoms with Crippen LogP contribution in [0.15, 0.2) is 24.3 Å². The van der Waals surface area contributed by atoms with Crippen LogP contribution >= 0.6 is 0 Å². The van der Waals surface area contributed by atoms with Crippen LogP contribution in [-0.4, -0.2) is 84.6 Å². The first kappa shape index (κ1) is 25.0. The Balaban J connectivity index is 1.37. The average molecular weight is 519 g/mol. The second-order valence-corrected chi connectivity index (χ2v) is 11.8. The minimum Gasteiger partial charge on any atom is -0.463 e. The molecule has 5 fully saturated rings. The molecule has 4 heterocycles. The molecule has 10 heteroatoms. The van der Waals surface area contributed by atoms with Gasteiger partial charge >= 0.3 is 17.9 Å². The van der Waals surface area contributed by atoms with Gasteiger partial charge in [0.15, 0.2) is 6.10 Å². The number of ether oxygens (including phenoxy) is 6. The van der Waals surface area contributed by atoms with Crippen LogP contribution < -0.4 is 0 Å². The lowest BCUT2D eigenvalue weighted by atomic mass is 9.50. The molecule has 2 spiro atoms. The number of aliphatic hydroxyl groups is 1. The second kappa shape index (κ2) is 8.36. The largest absolute Gasteiger partial charge is 0.463 e. The van der Waals surface area contributed by atoms with E-state index in [2.05, 4.69) is 13.8 Å². The number of esters is 3. The van der Waals surface area contributed by atoms with E-state index in [1.165, 1.54) is 24.3 Å². The van der Waals surface area contributed by atoms with Gasteiger partial charge in [-0.1, -0.05) is 26.0 Å². The molecule has 1 unspecified atom stereocenters. The van der Waals surface area contributed by atoms with Crippen molar-refractivity contribution in [2.45, 2.75) is 88.2 Å². The second-order valence-electron chi connectivity index (χ2n) is 11.8. The van der Waals surface area contributed by atoms with Crippen molar-refractivity contribution < 1.29 is 47.9 Å². The van der Waals surface area contributed by atoms with Gasteiger partial charge in [0.25, 0.3) is 0 Å². The summed E-state index contributed by atoms with van der Waals surface area (Å²) in [6, 6.07) is 0. The first-order valence-corrected chi connectivity index (χ1v) is 13.1. The number of hydrogen-bond acceptors (Lipinski definition) is 10. The van der Waals surface area contributed by atoms with E-state index < -0.39 is 52.5 Å². The molecule has 2 bridgehead atoms. The van der Waals surface area contributed by atoms with Crippen LogP contribution in [0, 0.1) is 16.7 Å². The molecule has 10 nitrogen and oxygen atoms in total. The number of epoxide rings is 2. The maximum atomic E-state index is 13.0. The standard InChI is InChI=1S/C27H34O10/c1-15-8-11-32-18(28)6-4-5-7-19(29)35-16-12-17-27(14-34-27)25(16,3)26(13-33-23(31)20(15)30)10-9-24(2)21(37-24)22(26)36-17/h4-7,15-17,20-22,30H,8-14H2,1-3H3/b6-4+,7-5-/t15-,16-,17-,20+,21+,22-,24?,25-,26-,27-/m1/s1. The van der Waals surface area contributed by atoms with Crippen molar-refractivity contribution in [3.63, 3.8) is 0 Å². The highest BCUT2D eigenvalue weighted by molar-refractivity contribution is 5.84. The molecule has 10 atom stereocenters. The van der Waals surface area contributed by atoms with Crippen molar-refractivity contribution in [3.05, 3.63) is 24.3 Å². The number of fused-ring (bicyclic) bond motifs is 2. The third-order valence-electron chi connectivity index (χ3n) is 10.0. The van der Waals surface area contributed by atoms with Gasteiger partial charge in [-0.3, -0.25) is 0 Å². The maximum Gasteiger partial charge on any atom is 0.335 e. The molecule has 0 radical (unpaired) electrons. The Hall–Kier alpha value is -2.27. The summed E-state index contributed by atoms with van der Waals surface area (Å²) in [6.45, 7) is 6.30. The Morgan fingerprint density at radius 3 is 2.41 bits per heavy atom. The van der Waals surface area contributed by atoms with E-state index in [9.17, 15) is 19.5 Å². The predicted molar refractivity (Wildman–Crippen MR) is 125 cm³/mol. The quantitative estimate of drug-likeness (QED) is 0.285. The number of allylic oxidation sites excluding steroid dienone is 2. The van der Waals surface area contributed by atoms with Gasteiger partial charge in [-0.05, 0) is 32.1 Å². The normalized spacial score (nSPS) is 52.9. The summed E-state index contributed by atoms with van der Waals surface area (Å²) in [6.07, 6.45) is 4.66. The van der Waals surface area contributed by atoms with E-state index in [0.29, 0.717) is 19.4 Å². The number of carbonyl (C=O) groups is 3. The van der Waals surface area contributed by atoms with Gasteiger partial charge in [-0.15, -0.1) is 0 Å². The molecule has 37 heavy (non-hydrogen) atoms. The van der Waals surface area contributed by atoms with Crippen molar-refractivity contribution in [1.82, 2.24) is 0 Å². The highest BCUT2D eigenvalue weighted by Crippen LogP contribution is 2.75. The fourth-order valence-electron chi connectivity index (χ4n) is 7.36. The van der Waals surface area contributed by atoms with Gasteiger partial charge in [0.1, 0.15) is 24.4 Å². The monoisotopic (exact) mass is 518 g/mol. The smallest absolute Gasteiger partial charge is 0.335 e. The summed E-state index contributed by atoms with van der Waals surface area (Å²) in [5.74, 6) is -2.38. The van der Waals surface area contributed by atoms with E-state index in [4.69, 9.17) is 28.4 Å². The van der Waals surface area contributed by atoms with Crippen molar-refractivity contribution in [2.75, 3.05) is 19.8 Å². The van der Waals surface area contributed by atoms with Crippen molar-refractivity contribution in [1.29, 1.82) is 0 Å². The topological polar surface area (TPSA) is 133 Å². The lowest BCUT2D eigenvalue weighted by Gasteiger charge is -2.58. The Labute approximate surface area is 215 Å². The van der Waals surface area contributed by atoms with E-state index in [1.54, 1.807) is 6.92 Å².